The molecule has 0 unspecified atom stereocenters. The molecule has 0 saturated heterocycles. The number of carbonyl (C=O) groups is 1. The van der Waals surface area contributed by atoms with Gasteiger partial charge >= 0.3 is 13.5 Å². The molecule has 6 heteroatoms. The topological polar surface area (TPSA) is 87.0 Å². The number of aryl methyl sites for hydroxylation is 1. The Hall–Kier alpha value is -1.78. The Morgan fingerprint density at radius 3 is 2.35 bits per heavy atom. The van der Waals surface area contributed by atoms with Gasteiger partial charge in [0.15, 0.2) is 0 Å². The van der Waals surface area contributed by atoms with Gasteiger partial charge in [-0.15, -0.1) is 0 Å². The summed E-state index contributed by atoms with van der Waals surface area (Å²) in [7, 11) is -4.51. The largest absolute Gasteiger partial charge is 0.483 e. The number of hydrogen-bond donors (Lipinski definition) is 3. The summed E-state index contributed by atoms with van der Waals surface area (Å²) in [5, 5.41) is 0. The first kappa shape index (κ1) is 16.1. The molecule has 0 radical (unpaired) electrons. The van der Waals surface area contributed by atoms with Crippen molar-refractivity contribution in [2.75, 3.05) is 0 Å². The highest BCUT2D eigenvalue weighted by atomic mass is 31.2. The van der Waals surface area contributed by atoms with Gasteiger partial charge in [0.1, 0.15) is 11.5 Å². The molecule has 0 aliphatic heterocycles. The fourth-order valence-corrected chi connectivity index (χ4v) is 3.30. The van der Waals surface area contributed by atoms with E-state index in [0.29, 0.717) is 5.75 Å². The van der Waals surface area contributed by atoms with Crippen LogP contribution in [0.3, 0.4) is 0 Å². The van der Waals surface area contributed by atoms with Crippen molar-refractivity contribution in [3.63, 3.8) is 0 Å². The first-order valence-electron chi connectivity index (χ1n) is 7.46. The maximum atomic E-state index is 11.6. The maximum absolute atomic E-state index is 11.6. The summed E-state index contributed by atoms with van der Waals surface area (Å²) in [6.07, 6.45) is 4.40. The van der Waals surface area contributed by atoms with Crippen molar-refractivity contribution in [1.82, 2.24) is 0 Å². The molecule has 0 bridgehead atoms. The van der Waals surface area contributed by atoms with Crippen LogP contribution in [0.25, 0.3) is 0 Å². The van der Waals surface area contributed by atoms with Crippen LogP contribution >= 0.6 is 7.94 Å². The number of rotatable bonds is 4. The summed E-state index contributed by atoms with van der Waals surface area (Å²) in [6, 6.07) is 12.0. The normalized spacial score (nSPS) is 14.2. The van der Waals surface area contributed by atoms with Gasteiger partial charge in [-0.1, -0.05) is 12.1 Å². The summed E-state index contributed by atoms with van der Waals surface area (Å²) < 4.78 is 5.91. The van der Waals surface area contributed by atoms with E-state index in [4.69, 9.17) is 19.4 Å². The molecule has 2 aromatic carbocycles. The Morgan fingerprint density at radius 1 is 0.957 bits per heavy atom. The third kappa shape index (κ3) is 3.59. The standard InChI is InChI=1S/C17H18O5P/c18-17(23(19,20)21)13-8-10-14(11-9-13)22-16-7-3-5-12-4-1-2-6-15(12)16/h3,5,7-11,19-21H,1-2,4,6H2/q+1. The molecule has 2 aromatic rings. The van der Waals surface area contributed by atoms with E-state index in [1.54, 1.807) is 12.1 Å². The van der Waals surface area contributed by atoms with Crippen LogP contribution in [0.2, 0.25) is 0 Å². The quantitative estimate of drug-likeness (QED) is 0.748. The van der Waals surface area contributed by atoms with E-state index in [0.717, 1.165) is 25.0 Å². The zero-order valence-corrected chi connectivity index (χ0v) is 13.4. The van der Waals surface area contributed by atoms with Crippen LogP contribution in [-0.4, -0.2) is 20.2 Å². The molecular formula is C17H18O5P+. The van der Waals surface area contributed by atoms with Crippen molar-refractivity contribution in [3.05, 3.63) is 59.2 Å². The predicted molar refractivity (Wildman–Crippen MR) is 87.5 cm³/mol. The van der Waals surface area contributed by atoms with E-state index in [2.05, 4.69) is 6.07 Å². The molecule has 1 aliphatic rings. The van der Waals surface area contributed by atoms with Gasteiger partial charge in [0.05, 0.1) is 5.56 Å². The van der Waals surface area contributed by atoms with Crippen LogP contribution in [-0.2, 0) is 12.8 Å². The molecule has 23 heavy (non-hydrogen) atoms. The number of ether oxygens (including phenoxy) is 1. The fourth-order valence-electron chi connectivity index (χ4n) is 2.81. The van der Waals surface area contributed by atoms with Crippen LogP contribution in [0.15, 0.2) is 42.5 Å². The van der Waals surface area contributed by atoms with Crippen LogP contribution in [0.1, 0.15) is 34.3 Å². The smallest absolute Gasteiger partial charge is 0.457 e. The lowest BCUT2D eigenvalue weighted by Gasteiger charge is -2.19. The van der Waals surface area contributed by atoms with Crippen molar-refractivity contribution < 1.29 is 24.2 Å². The Bertz CT molecular complexity index is 719. The summed E-state index contributed by atoms with van der Waals surface area (Å²) in [5.74, 6) is 1.37. The average molecular weight is 333 g/mol. The van der Waals surface area contributed by atoms with E-state index < -0.39 is 13.5 Å². The third-order valence-electron chi connectivity index (χ3n) is 3.95. The SMILES string of the molecule is O=C(c1ccc(Oc2cccc3c2CCCC3)cc1)[P+](O)(O)O. The lowest BCUT2D eigenvalue weighted by atomic mass is 9.91. The first-order chi connectivity index (χ1) is 10.9. The Kier molecular flexibility index (Phi) is 4.46. The van der Waals surface area contributed by atoms with E-state index >= 15 is 0 Å². The van der Waals surface area contributed by atoms with Gasteiger partial charge in [-0.05, 0) is 67.1 Å². The van der Waals surface area contributed by atoms with E-state index in [9.17, 15) is 4.79 Å². The van der Waals surface area contributed by atoms with Crippen LogP contribution in [0.4, 0.5) is 0 Å². The summed E-state index contributed by atoms with van der Waals surface area (Å²) in [6.45, 7) is 0. The molecule has 0 heterocycles. The number of fused-ring (bicyclic) bond motifs is 1. The van der Waals surface area contributed by atoms with Gasteiger partial charge in [0, 0.05) is 0 Å². The molecule has 3 rings (SSSR count). The number of benzene rings is 2. The van der Waals surface area contributed by atoms with Gasteiger partial charge in [0.25, 0.3) is 0 Å². The molecule has 3 N–H and O–H groups in total. The molecule has 0 spiro atoms. The second-order valence-electron chi connectivity index (χ2n) is 5.60. The second kappa shape index (κ2) is 6.38. The van der Waals surface area contributed by atoms with Crippen LogP contribution < -0.4 is 4.74 Å². The van der Waals surface area contributed by atoms with Gasteiger partial charge in [-0.3, -0.25) is 0 Å². The molecule has 120 valence electrons. The first-order valence-corrected chi connectivity index (χ1v) is 9.11. The molecule has 1 aliphatic carbocycles. The van der Waals surface area contributed by atoms with Crippen molar-refractivity contribution in [2.45, 2.75) is 25.7 Å². The molecular weight excluding hydrogens is 315 g/mol. The zero-order valence-electron chi connectivity index (χ0n) is 12.5. The third-order valence-corrected chi connectivity index (χ3v) is 4.76. The number of hydrogen-bond acceptors (Lipinski definition) is 5. The molecule has 0 fully saturated rings. The van der Waals surface area contributed by atoms with E-state index in [1.807, 2.05) is 12.1 Å². The minimum absolute atomic E-state index is 0.0354. The fraction of sp³-hybridized carbons (Fsp3) is 0.235. The van der Waals surface area contributed by atoms with Gasteiger partial charge in [0.2, 0.25) is 0 Å². The molecule has 0 amide bonds. The minimum Gasteiger partial charge on any atom is -0.457 e. The van der Waals surface area contributed by atoms with Crippen LogP contribution in [0, 0.1) is 0 Å². The summed E-state index contributed by atoms with van der Waals surface area (Å²) >= 11 is 0. The van der Waals surface area contributed by atoms with Crippen molar-refractivity contribution in [3.8, 4) is 11.5 Å². The maximum Gasteiger partial charge on any atom is 0.483 e. The van der Waals surface area contributed by atoms with Crippen LogP contribution in [0.5, 0.6) is 11.5 Å². The monoisotopic (exact) mass is 333 g/mol. The highest BCUT2D eigenvalue weighted by Crippen LogP contribution is 2.48. The van der Waals surface area contributed by atoms with Gasteiger partial charge in [-0.25, -0.2) is 4.79 Å². The number of carbonyl (C=O) groups excluding carboxylic acids is 1. The second-order valence-corrected chi connectivity index (χ2v) is 7.14. The Morgan fingerprint density at radius 2 is 1.65 bits per heavy atom. The average Bonchev–Trinajstić information content (AvgIpc) is 2.54. The van der Waals surface area contributed by atoms with E-state index in [1.165, 1.54) is 29.7 Å². The van der Waals surface area contributed by atoms with Gasteiger partial charge in [-0.2, -0.15) is 14.7 Å². The highest BCUT2D eigenvalue weighted by molar-refractivity contribution is 7.76. The molecule has 0 saturated carbocycles. The van der Waals surface area contributed by atoms with E-state index in [-0.39, 0.29) is 5.56 Å². The van der Waals surface area contributed by atoms with Crippen molar-refractivity contribution >= 4 is 13.5 Å². The van der Waals surface area contributed by atoms with Crippen molar-refractivity contribution in [1.29, 1.82) is 0 Å². The minimum atomic E-state index is -4.51. The Balaban J connectivity index is 1.81. The Labute approximate surface area is 134 Å². The lowest BCUT2D eigenvalue weighted by Crippen LogP contribution is -2.05. The van der Waals surface area contributed by atoms with Gasteiger partial charge < -0.3 is 4.74 Å². The lowest BCUT2D eigenvalue weighted by molar-refractivity contribution is 0.102. The molecule has 0 atom stereocenters. The summed E-state index contributed by atoms with van der Waals surface area (Å²) in [5.41, 5.74) is 1.51. The summed E-state index contributed by atoms with van der Waals surface area (Å²) in [4.78, 5) is 38.6. The predicted octanol–water partition coefficient (Wildman–Crippen LogP) is 3.24. The van der Waals surface area contributed by atoms with Crippen molar-refractivity contribution in [2.24, 2.45) is 0 Å². The highest BCUT2D eigenvalue weighted by Gasteiger charge is 2.43. The molecule has 0 aromatic heterocycles. The zero-order chi connectivity index (χ0) is 16.4. The molecule has 5 nitrogen and oxygen atoms in total.